The molecule has 1 aliphatic rings. The summed E-state index contributed by atoms with van der Waals surface area (Å²) in [6.45, 7) is 6.77. The van der Waals surface area contributed by atoms with Gasteiger partial charge in [0, 0.05) is 12.3 Å². The Bertz CT molecular complexity index is 1200. The third kappa shape index (κ3) is 7.65. The van der Waals surface area contributed by atoms with E-state index in [1.807, 2.05) is 0 Å². The molecule has 36 heavy (non-hydrogen) atoms. The van der Waals surface area contributed by atoms with Crippen molar-refractivity contribution in [3.63, 3.8) is 0 Å². The van der Waals surface area contributed by atoms with Crippen LogP contribution in [0.3, 0.4) is 0 Å². The molecule has 2 aromatic rings. The number of carbonyl (C=O) groups excluding carboxylic acids is 1. The van der Waals surface area contributed by atoms with Crippen molar-refractivity contribution < 1.29 is 27.9 Å². The van der Waals surface area contributed by atoms with Crippen LogP contribution in [0.4, 0.5) is 0 Å². The Labute approximate surface area is 212 Å². The molecule has 0 aliphatic carbocycles. The minimum Gasteiger partial charge on any atom is -0.463 e. The van der Waals surface area contributed by atoms with Crippen molar-refractivity contribution in [2.45, 2.75) is 44.0 Å². The number of ether oxygens (including phenoxy) is 2. The van der Waals surface area contributed by atoms with Crippen molar-refractivity contribution in [3.8, 4) is 5.75 Å². The molecule has 13 heteroatoms. The number of para-hydroxylation sites is 1. The molecule has 0 radical (unpaired) electrons. The monoisotopic (exact) mass is 541 g/mol. The van der Waals surface area contributed by atoms with Gasteiger partial charge in [0.05, 0.1) is 30.0 Å². The van der Waals surface area contributed by atoms with Gasteiger partial charge in [-0.1, -0.05) is 38.1 Å². The third-order valence-electron chi connectivity index (χ3n) is 5.14. The predicted octanol–water partition coefficient (Wildman–Crippen LogP) is 2.98. The van der Waals surface area contributed by atoms with Crippen LogP contribution in [0, 0.1) is 5.92 Å². The number of esters is 1. The van der Waals surface area contributed by atoms with Crippen LogP contribution in [0.2, 0.25) is 0 Å². The van der Waals surface area contributed by atoms with E-state index in [-0.39, 0.29) is 31.3 Å². The number of carbonyl (C=O) groups is 1. The summed E-state index contributed by atoms with van der Waals surface area (Å²) in [7, 11) is -4.03. The zero-order valence-electron chi connectivity index (χ0n) is 19.9. The molecule has 1 aromatic heterocycles. The van der Waals surface area contributed by atoms with Gasteiger partial charge in [-0.2, -0.15) is 0 Å². The zero-order valence-corrected chi connectivity index (χ0v) is 21.5. The van der Waals surface area contributed by atoms with Crippen LogP contribution in [-0.2, 0) is 23.4 Å². The molecule has 1 saturated heterocycles. The van der Waals surface area contributed by atoms with Gasteiger partial charge in [0.2, 0.25) is 0 Å². The summed E-state index contributed by atoms with van der Waals surface area (Å²) < 4.78 is 37.3. The van der Waals surface area contributed by atoms with Gasteiger partial charge in [-0.15, -0.1) is 18.2 Å². The molecule has 1 unspecified atom stereocenters. The van der Waals surface area contributed by atoms with Gasteiger partial charge in [-0.05, 0) is 18.6 Å². The molecule has 5 atom stereocenters. The topological polar surface area (TPSA) is 138 Å². The lowest BCUT2D eigenvalue weighted by Crippen LogP contribution is -2.34. The number of alkyl halides is 1. The number of rotatable bonds is 12. The Kier molecular flexibility index (Phi) is 9.69. The fourth-order valence-electron chi connectivity index (χ4n) is 3.27. The average molecular weight is 542 g/mol. The number of benzene rings is 1. The molecule has 3 rings (SSSR count). The normalized spacial score (nSPS) is 22.1. The summed E-state index contributed by atoms with van der Waals surface area (Å²) in [6, 6.07) is 8.86. The van der Waals surface area contributed by atoms with Crippen molar-refractivity contribution in [1.29, 1.82) is 0 Å². The van der Waals surface area contributed by atoms with Crippen LogP contribution >= 0.6 is 19.3 Å². The standard InChI is InChI=1S/C23H29ClN3O8P/c1-4-16(13-32-22(29)15(2)3)26-36(31,35-17-8-6-5-7-9-17)33-14-18-12-19(24)21(34-18)27-11-10-20(28)25-23(27)30/h4-11,15-16,18-19,21H,1,12-14H2,2-3H3,(H,26,31)(H,25,28,30)/t16-,18-,19-,21+,36?/m0/s1. The lowest BCUT2D eigenvalue weighted by molar-refractivity contribution is -0.147. The third-order valence-corrected chi connectivity index (χ3v) is 7.12. The quantitative estimate of drug-likeness (QED) is 0.180. The number of H-pyrrole nitrogens is 1. The van der Waals surface area contributed by atoms with Crippen molar-refractivity contribution in [1.82, 2.24) is 14.6 Å². The SMILES string of the molecule is C=C[C@@H](COC(=O)C(C)C)NP(=O)(OC[C@@H]1C[C@H](Cl)[C@H](n2ccc(=O)[nH]c2=O)O1)Oc1ccccc1. The van der Waals surface area contributed by atoms with Gasteiger partial charge < -0.3 is 14.0 Å². The Morgan fingerprint density at radius 1 is 1.33 bits per heavy atom. The van der Waals surface area contributed by atoms with E-state index in [9.17, 15) is 18.9 Å². The number of aromatic amines is 1. The lowest BCUT2D eigenvalue weighted by atomic mass is 10.2. The number of nitrogens with zero attached hydrogens (tertiary/aromatic N) is 1. The maximum atomic E-state index is 13.7. The molecule has 11 nitrogen and oxygen atoms in total. The molecule has 196 valence electrons. The summed E-state index contributed by atoms with van der Waals surface area (Å²) in [6.07, 6.45) is 1.51. The first kappa shape index (κ1) is 27.9. The van der Waals surface area contributed by atoms with Gasteiger partial charge in [-0.25, -0.2) is 14.4 Å². The highest BCUT2D eigenvalue weighted by atomic mass is 35.5. The number of nitrogens with one attached hydrogen (secondary N) is 2. The molecular formula is C23H29ClN3O8P. The second-order valence-electron chi connectivity index (χ2n) is 8.37. The van der Waals surface area contributed by atoms with Crippen LogP contribution in [0.1, 0.15) is 26.5 Å². The van der Waals surface area contributed by atoms with E-state index >= 15 is 0 Å². The number of halogens is 1. The molecule has 0 spiro atoms. The summed E-state index contributed by atoms with van der Waals surface area (Å²) >= 11 is 6.39. The highest BCUT2D eigenvalue weighted by molar-refractivity contribution is 7.52. The first-order valence-corrected chi connectivity index (χ1v) is 13.3. The zero-order chi connectivity index (χ0) is 26.3. The van der Waals surface area contributed by atoms with Crippen molar-refractivity contribution in [3.05, 3.63) is 76.1 Å². The van der Waals surface area contributed by atoms with Gasteiger partial charge in [0.15, 0.2) is 6.23 Å². The Morgan fingerprint density at radius 2 is 2.06 bits per heavy atom. The van der Waals surface area contributed by atoms with E-state index in [4.69, 9.17) is 30.1 Å². The number of hydrogen-bond acceptors (Lipinski definition) is 8. The maximum Gasteiger partial charge on any atom is 0.459 e. The van der Waals surface area contributed by atoms with E-state index in [1.165, 1.54) is 22.9 Å². The van der Waals surface area contributed by atoms with E-state index < -0.39 is 48.7 Å². The highest BCUT2D eigenvalue weighted by Crippen LogP contribution is 2.46. The Balaban J connectivity index is 1.70. The van der Waals surface area contributed by atoms with Crippen LogP contribution < -0.4 is 20.9 Å². The molecule has 0 amide bonds. The smallest absolute Gasteiger partial charge is 0.459 e. The first-order chi connectivity index (χ1) is 17.1. The fourth-order valence-corrected chi connectivity index (χ4v) is 5.18. The molecular weight excluding hydrogens is 513 g/mol. The van der Waals surface area contributed by atoms with Crippen molar-refractivity contribution in [2.24, 2.45) is 5.92 Å². The van der Waals surface area contributed by atoms with Gasteiger partial charge in [-0.3, -0.25) is 23.7 Å². The van der Waals surface area contributed by atoms with Crippen LogP contribution in [0.5, 0.6) is 5.75 Å². The van der Waals surface area contributed by atoms with Gasteiger partial charge in [0.1, 0.15) is 12.4 Å². The summed E-state index contributed by atoms with van der Waals surface area (Å²) in [5, 5.41) is 2.14. The van der Waals surface area contributed by atoms with Gasteiger partial charge in [0.25, 0.3) is 5.56 Å². The summed E-state index contributed by atoms with van der Waals surface area (Å²) in [5.41, 5.74) is -1.20. The fraction of sp³-hybridized carbons (Fsp3) is 0.435. The van der Waals surface area contributed by atoms with E-state index in [0.717, 1.165) is 0 Å². The van der Waals surface area contributed by atoms with Crippen molar-refractivity contribution >= 4 is 25.3 Å². The maximum absolute atomic E-state index is 13.7. The minimum absolute atomic E-state index is 0.132. The minimum atomic E-state index is -4.03. The molecule has 1 aliphatic heterocycles. The molecule has 1 fully saturated rings. The van der Waals surface area contributed by atoms with E-state index in [2.05, 4.69) is 16.7 Å². The molecule has 0 saturated carbocycles. The predicted molar refractivity (Wildman–Crippen MR) is 133 cm³/mol. The highest BCUT2D eigenvalue weighted by Gasteiger charge is 2.38. The van der Waals surface area contributed by atoms with Crippen LogP contribution in [0.25, 0.3) is 0 Å². The number of hydrogen-bond donors (Lipinski definition) is 2. The molecule has 0 bridgehead atoms. The molecule has 2 heterocycles. The Morgan fingerprint density at radius 3 is 2.69 bits per heavy atom. The van der Waals surface area contributed by atoms with Crippen LogP contribution in [0.15, 0.2) is 64.8 Å². The average Bonchev–Trinajstić information content (AvgIpc) is 3.21. The molecule has 1 aromatic carbocycles. The Hall–Kier alpha value is -2.69. The van der Waals surface area contributed by atoms with Gasteiger partial charge >= 0.3 is 19.4 Å². The van der Waals surface area contributed by atoms with Crippen LogP contribution in [-0.4, -0.2) is 46.3 Å². The molecule has 2 N–H and O–H groups in total. The number of aromatic nitrogens is 2. The van der Waals surface area contributed by atoms with E-state index in [1.54, 1.807) is 44.2 Å². The summed E-state index contributed by atoms with van der Waals surface area (Å²) in [5.74, 6) is -0.458. The lowest BCUT2D eigenvalue weighted by Gasteiger charge is -2.25. The second kappa shape index (κ2) is 12.5. The van der Waals surface area contributed by atoms with Crippen molar-refractivity contribution in [2.75, 3.05) is 13.2 Å². The second-order valence-corrected chi connectivity index (χ2v) is 10.6. The first-order valence-electron chi connectivity index (χ1n) is 11.3. The van der Waals surface area contributed by atoms with E-state index in [0.29, 0.717) is 0 Å². The largest absolute Gasteiger partial charge is 0.463 e. The summed E-state index contributed by atoms with van der Waals surface area (Å²) in [4.78, 5) is 37.5.